The maximum absolute atomic E-state index is 13.9. The fourth-order valence-corrected chi connectivity index (χ4v) is 4.01. The molecule has 150 valence electrons. The van der Waals surface area contributed by atoms with Crippen LogP contribution in [-0.4, -0.2) is 48.9 Å². The summed E-state index contributed by atoms with van der Waals surface area (Å²) in [6.07, 6.45) is 1.99. The number of carbonyl (C=O) groups excluding carboxylic acids is 2. The highest BCUT2D eigenvalue weighted by molar-refractivity contribution is 5.97. The van der Waals surface area contributed by atoms with E-state index in [1.165, 1.54) is 12.1 Å². The van der Waals surface area contributed by atoms with Crippen LogP contribution < -0.4 is 10.6 Å². The molecular formula is C20H29ClFN3O2. The first-order chi connectivity index (χ1) is 12.5. The van der Waals surface area contributed by atoms with Crippen molar-refractivity contribution in [3.8, 4) is 0 Å². The Balaban J connectivity index is 0.00000261. The molecule has 27 heavy (non-hydrogen) atoms. The molecule has 1 aromatic rings. The quantitative estimate of drug-likeness (QED) is 0.820. The van der Waals surface area contributed by atoms with Gasteiger partial charge in [0.25, 0.3) is 5.91 Å². The van der Waals surface area contributed by atoms with E-state index in [1.807, 2.05) is 18.7 Å². The zero-order valence-corrected chi connectivity index (χ0v) is 16.7. The van der Waals surface area contributed by atoms with E-state index in [1.54, 1.807) is 12.1 Å². The normalized spacial score (nSPS) is 23.2. The minimum atomic E-state index is -0.641. The van der Waals surface area contributed by atoms with Crippen molar-refractivity contribution in [2.45, 2.75) is 32.7 Å². The highest BCUT2D eigenvalue weighted by atomic mass is 35.5. The Morgan fingerprint density at radius 3 is 2.30 bits per heavy atom. The Labute approximate surface area is 166 Å². The Kier molecular flexibility index (Phi) is 7.62. The van der Waals surface area contributed by atoms with Gasteiger partial charge in [0.15, 0.2) is 0 Å². The average molecular weight is 398 g/mol. The van der Waals surface area contributed by atoms with Crippen LogP contribution in [0.4, 0.5) is 4.39 Å². The number of benzene rings is 1. The van der Waals surface area contributed by atoms with Crippen LogP contribution in [0.2, 0.25) is 0 Å². The summed E-state index contributed by atoms with van der Waals surface area (Å²) >= 11 is 0. The van der Waals surface area contributed by atoms with Gasteiger partial charge < -0.3 is 15.5 Å². The summed E-state index contributed by atoms with van der Waals surface area (Å²) in [5.41, 5.74) is -0.0255. The van der Waals surface area contributed by atoms with Crippen LogP contribution in [0.25, 0.3) is 0 Å². The lowest BCUT2D eigenvalue weighted by Crippen LogP contribution is -2.51. The number of hydrogen-bond donors (Lipinski definition) is 2. The first-order valence-corrected chi connectivity index (χ1v) is 9.52. The van der Waals surface area contributed by atoms with E-state index >= 15 is 0 Å². The van der Waals surface area contributed by atoms with Crippen molar-refractivity contribution in [3.63, 3.8) is 0 Å². The van der Waals surface area contributed by atoms with E-state index < -0.39 is 17.8 Å². The highest BCUT2D eigenvalue weighted by Crippen LogP contribution is 2.27. The Morgan fingerprint density at radius 1 is 1.15 bits per heavy atom. The van der Waals surface area contributed by atoms with E-state index in [4.69, 9.17) is 0 Å². The maximum atomic E-state index is 13.9. The molecule has 2 aliphatic rings. The van der Waals surface area contributed by atoms with Gasteiger partial charge in [-0.1, -0.05) is 26.0 Å². The van der Waals surface area contributed by atoms with Crippen molar-refractivity contribution in [2.24, 2.45) is 17.8 Å². The predicted octanol–water partition coefficient (Wildman–Crippen LogP) is 2.46. The van der Waals surface area contributed by atoms with Crippen molar-refractivity contribution in [1.29, 1.82) is 0 Å². The predicted molar refractivity (Wildman–Crippen MR) is 105 cm³/mol. The molecule has 1 aromatic carbocycles. The molecule has 0 aliphatic carbocycles. The van der Waals surface area contributed by atoms with E-state index in [2.05, 4.69) is 10.6 Å². The van der Waals surface area contributed by atoms with Crippen molar-refractivity contribution in [1.82, 2.24) is 15.5 Å². The average Bonchev–Trinajstić information content (AvgIpc) is 2.97. The molecule has 2 aliphatic heterocycles. The number of amides is 2. The molecule has 3 rings (SSSR count). The third-order valence-corrected chi connectivity index (χ3v) is 5.67. The summed E-state index contributed by atoms with van der Waals surface area (Å²) in [5, 5.41) is 6.19. The molecule has 5 nitrogen and oxygen atoms in total. The summed E-state index contributed by atoms with van der Waals surface area (Å²) in [6, 6.07) is 5.21. The lowest BCUT2D eigenvalue weighted by molar-refractivity contribution is -0.134. The largest absolute Gasteiger partial charge is 0.341 e. The van der Waals surface area contributed by atoms with Crippen LogP contribution >= 0.6 is 12.4 Å². The minimum Gasteiger partial charge on any atom is -0.341 e. The van der Waals surface area contributed by atoms with Gasteiger partial charge in [0.2, 0.25) is 5.91 Å². The molecule has 0 aromatic heterocycles. The zero-order chi connectivity index (χ0) is 18.7. The summed E-state index contributed by atoms with van der Waals surface area (Å²) in [4.78, 5) is 27.4. The Hall–Kier alpha value is -1.66. The summed E-state index contributed by atoms with van der Waals surface area (Å²) in [7, 11) is 0. The fourth-order valence-electron chi connectivity index (χ4n) is 4.01. The first kappa shape index (κ1) is 21.6. The van der Waals surface area contributed by atoms with Crippen molar-refractivity contribution in [3.05, 3.63) is 35.6 Å². The van der Waals surface area contributed by atoms with Gasteiger partial charge in [-0.25, -0.2) is 4.39 Å². The molecule has 2 fully saturated rings. The van der Waals surface area contributed by atoms with Crippen LogP contribution in [-0.2, 0) is 4.79 Å². The van der Waals surface area contributed by atoms with E-state index in [9.17, 15) is 14.0 Å². The van der Waals surface area contributed by atoms with Gasteiger partial charge in [-0.15, -0.1) is 12.4 Å². The molecule has 2 saturated heterocycles. The minimum absolute atomic E-state index is 0. The van der Waals surface area contributed by atoms with Gasteiger partial charge in [0.1, 0.15) is 11.9 Å². The van der Waals surface area contributed by atoms with E-state index in [0.29, 0.717) is 11.8 Å². The number of nitrogens with one attached hydrogen (secondary N) is 2. The van der Waals surface area contributed by atoms with Gasteiger partial charge in [-0.3, -0.25) is 9.59 Å². The molecule has 0 bridgehead atoms. The third kappa shape index (κ3) is 4.99. The van der Waals surface area contributed by atoms with Gasteiger partial charge in [-0.05, 0) is 55.8 Å². The van der Waals surface area contributed by atoms with Crippen LogP contribution in [0.15, 0.2) is 24.3 Å². The highest BCUT2D eigenvalue weighted by Gasteiger charge is 2.35. The van der Waals surface area contributed by atoms with Crippen LogP contribution in [0.1, 0.15) is 37.0 Å². The number of nitrogens with zero attached hydrogens (tertiary/aromatic N) is 1. The molecule has 0 spiro atoms. The summed E-state index contributed by atoms with van der Waals surface area (Å²) in [6.45, 7) is 7.32. The second-order valence-corrected chi connectivity index (χ2v) is 7.76. The van der Waals surface area contributed by atoms with Crippen molar-refractivity contribution < 1.29 is 14.0 Å². The van der Waals surface area contributed by atoms with Crippen LogP contribution in [0.3, 0.4) is 0 Å². The van der Waals surface area contributed by atoms with Crippen LogP contribution in [0.5, 0.6) is 0 Å². The molecule has 3 atom stereocenters. The number of fused-ring (bicyclic) bond motifs is 1. The van der Waals surface area contributed by atoms with E-state index in [-0.39, 0.29) is 29.8 Å². The van der Waals surface area contributed by atoms with Gasteiger partial charge in [0, 0.05) is 13.1 Å². The first-order valence-electron chi connectivity index (χ1n) is 9.52. The smallest absolute Gasteiger partial charge is 0.254 e. The molecule has 0 radical (unpaired) electrons. The molecule has 1 unspecified atom stereocenters. The number of rotatable bonds is 4. The van der Waals surface area contributed by atoms with E-state index in [0.717, 1.165) is 39.0 Å². The number of likely N-dealkylation sites (tertiary alicyclic amines) is 1. The Morgan fingerprint density at radius 2 is 1.74 bits per heavy atom. The maximum Gasteiger partial charge on any atom is 0.254 e. The van der Waals surface area contributed by atoms with Gasteiger partial charge in [0.05, 0.1) is 5.56 Å². The zero-order valence-electron chi connectivity index (χ0n) is 15.9. The van der Waals surface area contributed by atoms with Crippen molar-refractivity contribution in [2.75, 3.05) is 26.2 Å². The lowest BCUT2D eigenvalue weighted by Gasteiger charge is -2.29. The standard InChI is InChI=1S/C20H28FN3O2.ClH/c1-13(2)18(23-19(25)16-5-3-4-6-17(16)21)20(26)24-9-7-14-11-22-12-15(14)8-10-24;/h3-6,13-15,18,22H,7-12H2,1-2H3,(H,23,25);1H/t14-,15+,18?;. The van der Waals surface area contributed by atoms with Crippen LogP contribution in [0, 0.1) is 23.6 Å². The molecule has 2 N–H and O–H groups in total. The third-order valence-electron chi connectivity index (χ3n) is 5.67. The topological polar surface area (TPSA) is 61.4 Å². The Bertz CT molecular complexity index is 656. The second kappa shape index (κ2) is 9.51. The number of halogens is 2. The van der Waals surface area contributed by atoms with Crippen molar-refractivity contribution >= 4 is 24.2 Å². The molecule has 7 heteroatoms. The summed E-state index contributed by atoms with van der Waals surface area (Å²) < 4.78 is 13.9. The summed E-state index contributed by atoms with van der Waals surface area (Å²) in [5.74, 6) is 0.0398. The van der Waals surface area contributed by atoms with Gasteiger partial charge in [-0.2, -0.15) is 0 Å². The number of hydrogen-bond acceptors (Lipinski definition) is 3. The molecule has 2 amide bonds. The molecule has 2 heterocycles. The molecular weight excluding hydrogens is 369 g/mol. The SMILES string of the molecule is CC(C)C(NC(=O)c1ccccc1F)C(=O)N1CC[C@@H]2CNC[C@@H]2CC1.Cl. The second-order valence-electron chi connectivity index (χ2n) is 7.76. The molecule has 0 saturated carbocycles. The van der Waals surface area contributed by atoms with Gasteiger partial charge >= 0.3 is 0 Å². The lowest BCUT2D eigenvalue weighted by atomic mass is 9.92. The monoisotopic (exact) mass is 397 g/mol. The number of carbonyl (C=O) groups is 2. The fraction of sp³-hybridized carbons (Fsp3) is 0.600.